The molecule has 2 N–H and O–H groups in total. The van der Waals surface area contributed by atoms with Crippen molar-refractivity contribution < 1.29 is 13.2 Å². The number of carbonyl (C=O) groups excluding carboxylic acids is 1. The lowest BCUT2D eigenvalue weighted by Gasteiger charge is -2.08. The lowest BCUT2D eigenvalue weighted by atomic mass is 10.1. The summed E-state index contributed by atoms with van der Waals surface area (Å²) < 4.78 is 26.8. The molecule has 1 amide bonds. The maximum absolute atomic E-state index is 12.3. The van der Waals surface area contributed by atoms with Crippen LogP contribution in [0, 0.1) is 0 Å². The van der Waals surface area contributed by atoms with E-state index in [0.29, 0.717) is 12.1 Å². The third-order valence-electron chi connectivity index (χ3n) is 3.50. The number of rotatable bonds is 9. The van der Waals surface area contributed by atoms with Crippen molar-refractivity contribution in [2.75, 3.05) is 10.0 Å². The van der Waals surface area contributed by atoms with E-state index in [1.165, 1.54) is 24.5 Å². The zero-order chi connectivity index (χ0) is 18.1. The number of hydrogen-bond donors (Lipinski definition) is 2. The molecule has 0 atom stereocenters. The second-order valence-corrected chi connectivity index (χ2v) is 7.24. The number of sulfonamides is 1. The van der Waals surface area contributed by atoms with Crippen molar-refractivity contribution in [1.82, 2.24) is 9.97 Å². The molecular weight excluding hydrogens is 340 g/mol. The molecule has 1 aromatic carbocycles. The molecule has 0 spiro atoms. The standard InChI is InChI=1S/C17H22N4O3S/c1-2-3-4-5-7-16(22)20-14-8-10-15(11-9-14)25(23,24)21-17-18-12-6-13-19-17/h6,8-13H,2-5,7H2,1H3,(H,20,22)(H,18,19,21). The number of unbranched alkanes of at least 4 members (excludes halogenated alkanes) is 3. The molecule has 2 rings (SSSR count). The normalized spacial score (nSPS) is 11.1. The van der Waals surface area contributed by atoms with Crippen LogP contribution in [-0.2, 0) is 14.8 Å². The van der Waals surface area contributed by atoms with Crippen LogP contribution in [0.2, 0.25) is 0 Å². The highest BCUT2D eigenvalue weighted by Crippen LogP contribution is 2.16. The predicted molar refractivity (Wildman–Crippen MR) is 96.7 cm³/mol. The number of hydrogen-bond acceptors (Lipinski definition) is 5. The molecule has 1 aromatic heterocycles. The van der Waals surface area contributed by atoms with E-state index in [-0.39, 0.29) is 16.8 Å². The van der Waals surface area contributed by atoms with E-state index in [1.807, 2.05) is 0 Å². The van der Waals surface area contributed by atoms with Crippen molar-refractivity contribution in [2.24, 2.45) is 0 Å². The van der Waals surface area contributed by atoms with E-state index in [9.17, 15) is 13.2 Å². The van der Waals surface area contributed by atoms with Crippen molar-refractivity contribution in [3.8, 4) is 0 Å². The molecule has 0 radical (unpaired) electrons. The van der Waals surface area contributed by atoms with E-state index < -0.39 is 10.0 Å². The van der Waals surface area contributed by atoms with Gasteiger partial charge >= 0.3 is 0 Å². The van der Waals surface area contributed by atoms with Gasteiger partial charge in [-0.25, -0.2) is 23.1 Å². The molecule has 0 aliphatic carbocycles. The van der Waals surface area contributed by atoms with Crippen LogP contribution in [-0.4, -0.2) is 24.3 Å². The number of nitrogens with one attached hydrogen (secondary N) is 2. The lowest BCUT2D eigenvalue weighted by molar-refractivity contribution is -0.116. The summed E-state index contributed by atoms with van der Waals surface area (Å²) in [5, 5.41) is 2.77. The van der Waals surface area contributed by atoms with E-state index in [4.69, 9.17) is 0 Å². The molecule has 0 saturated carbocycles. The summed E-state index contributed by atoms with van der Waals surface area (Å²) in [6.07, 6.45) is 7.50. The summed E-state index contributed by atoms with van der Waals surface area (Å²) in [5.74, 6) is -0.0607. The minimum atomic E-state index is -3.77. The first-order chi connectivity index (χ1) is 12.0. The third-order valence-corrected chi connectivity index (χ3v) is 4.84. The van der Waals surface area contributed by atoms with Gasteiger partial charge in [0, 0.05) is 24.5 Å². The van der Waals surface area contributed by atoms with E-state index in [1.54, 1.807) is 18.2 Å². The third kappa shape index (κ3) is 6.15. The van der Waals surface area contributed by atoms with E-state index in [0.717, 1.165) is 25.7 Å². The van der Waals surface area contributed by atoms with Gasteiger partial charge in [-0.1, -0.05) is 26.2 Å². The fraction of sp³-hybridized carbons (Fsp3) is 0.353. The van der Waals surface area contributed by atoms with Crippen molar-refractivity contribution in [1.29, 1.82) is 0 Å². The van der Waals surface area contributed by atoms with Crippen LogP contribution in [0.4, 0.5) is 11.6 Å². The first kappa shape index (κ1) is 18.9. The highest BCUT2D eigenvalue weighted by atomic mass is 32.2. The van der Waals surface area contributed by atoms with Gasteiger partial charge in [-0.2, -0.15) is 0 Å². The van der Waals surface area contributed by atoms with Gasteiger partial charge in [0.25, 0.3) is 10.0 Å². The van der Waals surface area contributed by atoms with Crippen LogP contribution in [0.25, 0.3) is 0 Å². The number of nitrogens with zero attached hydrogens (tertiary/aromatic N) is 2. The average molecular weight is 362 g/mol. The molecule has 2 aromatic rings. The summed E-state index contributed by atoms with van der Waals surface area (Å²) in [6, 6.07) is 7.57. The zero-order valence-corrected chi connectivity index (χ0v) is 14.9. The quantitative estimate of drug-likeness (QED) is 0.667. The van der Waals surface area contributed by atoms with Crippen LogP contribution < -0.4 is 10.0 Å². The van der Waals surface area contributed by atoms with Gasteiger partial charge in [0.1, 0.15) is 0 Å². The molecule has 8 heteroatoms. The van der Waals surface area contributed by atoms with Crippen molar-refractivity contribution in [3.63, 3.8) is 0 Å². The maximum atomic E-state index is 12.3. The summed E-state index contributed by atoms with van der Waals surface area (Å²) >= 11 is 0. The van der Waals surface area contributed by atoms with Gasteiger partial charge in [-0.15, -0.1) is 0 Å². The Morgan fingerprint density at radius 2 is 1.72 bits per heavy atom. The molecule has 7 nitrogen and oxygen atoms in total. The van der Waals surface area contributed by atoms with Gasteiger partial charge in [0.05, 0.1) is 4.90 Å². The lowest BCUT2D eigenvalue weighted by Crippen LogP contribution is -2.15. The Kier molecular flexibility index (Phi) is 6.88. The van der Waals surface area contributed by atoms with Gasteiger partial charge in [-0.05, 0) is 36.8 Å². The van der Waals surface area contributed by atoms with Crippen molar-refractivity contribution in [3.05, 3.63) is 42.7 Å². The van der Waals surface area contributed by atoms with E-state index in [2.05, 4.69) is 26.9 Å². The fourth-order valence-electron chi connectivity index (χ4n) is 2.18. The minimum absolute atomic E-state index is 0.00644. The van der Waals surface area contributed by atoms with Gasteiger partial charge in [0.15, 0.2) is 0 Å². The van der Waals surface area contributed by atoms with Gasteiger partial charge in [-0.3, -0.25) is 4.79 Å². The molecule has 0 aliphatic rings. The Bertz CT molecular complexity index is 777. The number of benzene rings is 1. The Morgan fingerprint density at radius 1 is 1.04 bits per heavy atom. The Balaban J connectivity index is 1.93. The molecule has 134 valence electrons. The number of amides is 1. The SMILES string of the molecule is CCCCCCC(=O)Nc1ccc(S(=O)(=O)Nc2ncccn2)cc1. The first-order valence-electron chi connectivity index (χ1n) is 8.21. The molecule has 0 aliphatic heterocycles. The van der Waals surface area contributed by atoms with Crippen LogP contribution in [0.3, 0.4) is 0 Å². The van der Waals surface area contributed by atoms with Gasteiger partial charge < -0.3 is 5.32 Å². The largest absolute Gasteiger partial charge is 0.326 e. The van der Waals surface area contributed by atoms with Crippen molar-refractivity contribution >= 4 is 27.6 Å². The summed E-state index contributed by atoms with van der Waals surface area (Å²) in [5.41, 5.74) is 0.565. The Morgan fingerprint density at radius 3 is 2.36 bits per heavy atom. The average Bonchev–Trinajstić information content (AvgIpc) is 2.60. The van der Waals surface area contributed by atoms with Crippen LogP contribution >= 0.6 is 0 Å². The minimum Gasteiger partial charge on any atom is -0.326 e. The second kappa shape index (κ2) is 9.12. The molecule has 0 bridgehead atoms. The highest BCUT2D eigenvalue weighted by molar-refractivity contribution is 7.92. The number of anilines is 2. The molecule has 0 unspecified atom stereocenters. The van der Waals surface area contributed by atoms with E-state index >= 15 is 0 Å². The summed E-state index contributed by atoms with van der Waals surface area (Å²) in [7, 11) is -3.77. The topological polar surface area (TPSA) is 101 Å². The number of carbonyl (C=O) groups is 1. The smallest absolute Gasteiger partial charge is 0.264 e. The Labute approximate surface area is 148 Å². The van der Waals surface area contributed by atoms with Crippen LogP contribution in [0.5, 0.6) is 0 Å². The monoisotopic (exact) mass is 362 g/mol. The molecule has 25 heavy (non-hydrogen) atoms. The second-order valence-electron chi connectivity index (χ2n) is 5.56. The summed E-state index contributed by atoms with van der Waals surface area (Å²) in [4.78, 5) is 19.6. The fourth-order valence-corrected chi connectivity index (χ4v) is 3.14. The first-order valence-corrected chi connectivity index (χ1v) is 9.69. The number of aromatic nitrogens is 2. The van der Waals surface area contributed by atoms with Crippen LogP contribution in [0.15, 0.2) is 47.6 Å². The maximum Gasteiger partial charge on any atom is 0.264 e. The molecule has 1 heterocycles. The van der Waals surface area contributed by atoms with Crippen LogP contribution in [0.1, 0.15) is 39.0 Å². The molecule has 0 fully saturated rings. The predicted octanol–water partition coefficient (Wildman–Crippen LogP) is 3.19. The van der Waals surface area contributed by atoms with Crippen molar-refractivity contribution in [2.45, 2.75) is 43.9 Å². The Hall–Kier alpha value is -2.48. The molecular formula is C17H22N4O3S. The summed E-state index contributed by atoms with van der Waals surface area (Å²) in [6.45, 7) is 2.12. The highest BCUT2D eigenvalue weighted by Gasteiger charge is 2.15. The van der Waals surface area contributed by atoms with Gasteiger partial charge in [0.2, 0.25) is 11.9 Å². The zero-order valence-electron chi connectivity index (χ0n) is 14.1. The molecule has 0 saturated heterocycles.